The highest BCUT2D eigenvalue weighted by molar-refractivity contribution is 5.31. The molecule has 23 heavy (non-hydrogen) atoms. The number of hydrogen-bond donors (Lipinski definition) is 2. The number of nitrogens with one attached hydrogen (secondary N) is 1. The third-order valence-corrected chi connectivity index (χ3v) is 3.71. The van der Waals surface area contributed by atoms with Crippen molar-refractivity contribution in [2.75, 3.05) is 13.2 Å². The molecule has 2 aromatic rings. The number of aliphatic hydroxyl groups is 1. The lowest BCUT2D eigenvalue weighted by molar-refractivity contribution is 0.106. The van der Waals surface area contributed by atoms with Crippen LogP contribution in [-0.2, 0) is 12.0 Å². The van der Waals surface area contributed by atoms with Crippen molar-refractivity contribution in [3.05, 3.63) is 65.7 Å². The minimum absolute atomic E-state index is 0.138. The smallest absolute Gasteiger partial charge is 0.119 e. The van der Waals surface area contributed by atoms with Crippen LogP contribution in [0.3, 0.4) is 0 Å². The van der Waals surface area contributed by atoms with Crippen LogP contribution in [-0.4, -0.2) is 24.4 Å². The number of hydrogen-bond acceptors (Lipinski definition) is 3. The van der Waals surface area contributed by atoms with E-state index in [0.29, 0.717) is 6.54 Å². The van der Waals surface area contributed by atoms with Crippen LogP contribution in [0.1, 0.15) is 31.9 Å². The molecule has 0 saturated carbocycles. The summed E-state index contributed by atoms with van der Waals surface area (Å²) in [7, 11) is 0. The lowest BCUT2D eigenvalue weighted by Gasteiger charge is -2.19. The normalized spacial score (nSPS) is 12.9. The van der Waals surface area contributed by atoms with Crippen LogP contribution < -0.4 is 10.1 Å². The fourth-order valence-corrected chi connectivity index (χ4v) is 2.28. The maximum Gasteiger partial charge on any atom is 0.119 e. The molecule has 0 unspecified atom stereocenters. The molecule has 2 N–H and O–H groups in total. The highest BCUT2D eigenvalue weighted by Crippen LogP contribution is 2.24. The van der Waals surface area contributed by atoms with Gasteiger partial charge in [0.05, 0.1) is 0 Å². The molecule has 1 atom stereocenters. The Kier molecular flexibility index (Phi) is 6.20. The molecule has 0 radical (unpaired) electrons. The molecular formula is C20H27NO2. The van der Waals surface area contributed by atoms with Gasteiger partial charge in [-0.05, 0) is 28.7 Å². The number of aliphatic hydroxyl groups excluding tert-OH is 1. The Hall–Kier alpha value is -1.84. The number of ether oxygens (including phenoxy) is 1. The van der Waals surface area contributed by atoms with Crippen molar-refractivity contribution in [3.63, 3.8) is 0 Å². The molecule has 0 heterocycles. The van der Waals surface area contributed by atoms with E-state index in [9.17, 15) is 5.11 Å². The Balaban J connectivity index is 1.71. The van der Waals surface area contributed by atoms with Gasteiger partial charge in [-0.1, -0.05) is 63.2 Å². The highest BCUT2D eigenvalue weighted by atomic mass is 16.5. The fourth-order valence-electron chi connectivity index (χ4n) is 2.28. The zero-order valence-electron chi connectivity index (χ0n) is 14.3. The third kappa shape index (κ3) is 6.05. The second-order valence-corrected chi connectivity index (χ2v) is 6.86. The minimum atomic E-state index is -0.527. The van der Waals surface area contributed by atoms with E-state index in [2.05, 4.69) is 50.4 Å². The molecule has 0 spiro atoms. The summed E-state index contributed by atoms with van der Waals surface area (Å²) in [4.78, 5) is 0. The molecule has 0 aromatic heterocycles. The van der Waals surface area contributed by atoms with Gasteiger partial charge in [0.25, 0.3) is 0 Å². The van der Waals surface area contributed by atoms with Crippen molar-refractivity contribution in [1.82, 2.24) is 5.32 Å². The molecule has 0 saturated heterocycles. The SMILES string of the molecule is CC(C)(C)c1ccc(OC[C@@H](O)CNCc2ccccc2)cc1. The standard InChI is InChI=1S/C20H27NO2/c1-20(2,3)17-9-11-19(12-10-17)23-15-18(22)14-21-13-16-7-5-4-6-8-16/h4-12,18,21-22H,13-15H2,1-3H3/t18-/m0/s1. The summed E-state index contributed by atoms with van der Waals surface area (Å²) in [6.07, 6.45) is -0.527. The molecular weight excluding hydrogens is 286 g/mol. The summed E-state index contributed by atoms with van der Waals surface area (Å²) in [6, 6.07) is 18.2. The maximum atomic E-state index is 9.98. The van der Waals surface area contributed by atoms with Crippen molar-refractivity contribution in [2.24, 2.45) is 0 Å². The topological polar surface area (TPSA) is 41.5 Å². The summed E-state index contributed by atoms with van der Waals surface area (Å²) in [5.74, 6) is 0.792. The molecule has 3 heteroatoms. The first kappa shape index (κ1) is 17.5. The highest BCUT2D eigenvalue weighted by Gasteiger charge is 2.13. The first-order chi connectivity index (χ1) is 10.9. The van der Waals surface area contributed by atoms with E-state index in [1.807, 2.05) is 30.3 Å². The van der Waals surface area contributed by atoms with E-state index in [0.717, 1.165) is 12.3 Å². The summed E-state index contributed by atoms with van der Waals surface area (Å²) in [6.45, 7) is 8.10. The van der Waals surface area contributed by atoms with Crippen LogP contribution in [0, 0.1) is 0 Å². The third-order valence-electron chi connectivity index (χ3n) is 3.71. The molecule has 0 fully saturated rings. The Labute approximate surface area is 139 Å². The van der Waals surface area contributed by atoms with E-state index in [-0.39, 0.29) is 12.0 Å². The van der Waals surface area contributed by atoms with E-state index in [4.69, 9.17) is 4.74 Å². The summed E-state index contributed by atoms with van der Waals surface area (Å²) >= 11 is 0. The molecule has 0 aliphatic carbocycles. The number of rotatable bonds is 7. The average Bonchev–Trinajstić information content (AvgIpc) is 2.53. The largest absolute Gasteiger partial charge is 0.491 e. The van der Waals surface area contributed by atoms with Gasteiger partial charge in [0.1, 0.15) is 18.5 Å². The quantitative estimate of drug-likeness (QED) is 0.822. The van der Waals surface area contributed by atoms with E-state index in [1.54, 1.807) is 0 Å². The Morgan fingerprint density at radius 3 is 2.26 bits per heavy atom. The molecule has 2 rings (SSSR count). The van der Waals surface area contributed by atoms with Gasteiger partial charge in [0, 0.05) is 13.1 Å². The average molecular weight is 313 g/mol. The summed E-state index contributed by atoms with van der Waals surface area (Å²) in [5, 5.41) is 13.2. The van der Waals surface area contributed by atoms with Crippen LogP contribution in [0.5, 0.6) is 5.75 Å². The second kappa shape index (κ2) is 8.14. The van der Waals surface area contributed by atoms with Crippen molar-refractivity contribution >= 4 is 0 Å². The van der Waals surface area contributed by atoms with E-state index < -0.39 is 6.10 Å². The van der Waals surface area contributed by atoms with Crippen LogP contribution >= 0.6 is 0 Å². The first-order valence-corrected chi connectivity index (χ1v) is 8.11. The lowest BCUT2D eigenvalue weighted by Crippen LogP contribution is -2.31. The maximum absolute atomic E-state index is 9.98. The molecule has 0 bridgehead atoms. The molecule has 3 nitrogen and oxygen atoms in total. The summed E-state index contributed by atoms with van der Waals surface area (Å²) in [5.41, 5.74) is 2.62. The van der Waals surface area contributed by atoms with Gasteiger partial charge in [-0.15, -0.1) is 0 Å². The van der Waals surface area contributed by atoms with Gasteiger partial charge in [-0.2, -0.15) is 0 Å². The molecule has 0 aliphatic rings. The molecule has 0 amide bonds. The summed E-state index contributed by atoms with van der Waals surface area (Å²) < 4.78 is 5.65. The zero-order chi connectivity index (χ0) is 16.7. The van der Waals surface area contributed by atoms with Crippen LogP contribution in [0.2, 0.25) is 0 Å². The van der Waals surface area contributed by atoms with Crippen molar-refractivity contribution in [1.29, 1.82) is 0 Å². The van der Waals surface area contributed by atoms with Gasteiger partial charge < -0.3 is 15.2 Å². The Morgan fingerprint density at radius 2 is 1.65 bits per heavy atom. The van der Waals surface area contributed by atoms with E-state index in [1.165, 1.54) is 11.1 Å². The van der Waals surface area contributed by atoms with Gasteiger partial charge in [-0.3, -0.25) is 0 Å². The second-order valence-electron chi connectivity index (χ2n) is 6.86. The molecule has 124 valence electrons. The molecule has 2 aromatic carbocycles. The first-order valence-electron chi connectivity index (χ1n) is 8.11. The fraction of sp³-hybridized carbons (Fsp3) is 0.400. The van der Waals surface area contributed by atoms with Crippen molar-refractivity contribution in [3.8, 4) is 5.75 Å². The van der Waals surface area contributed by atoms with Gasteiger partial charge >= 0.3 is 0 Å². The monoisotopic (exact) mass is 313 g/mol. The van der Waals surface area contributed by atoms with Crippen LogP contribution in [0.4, 0.5) is 0 Å². The minimum Gasteiger partial charge on any atom is -0.491 e. The van der Waals surface area contributed by atoms with Crippen LogP contribution in [0.25, 0.3) is 0 Å². The molecule has 0 aliphatic heterocycles. The number of benzene rings is 2. The van der Waals surface area contributed by atoms with Gasteiger partial charge in [0.15, 0.2) is 0 Å². The van der Waals surface area contributed by atoms with Gasteiger partial charge in [0.2, 0.25) is 0 Å². The van der Waals surface area contributed by atoms with Gasteiger partial charge in [-0.25, -0.2) is 0 Å². The zero-order valence-corrected chi connectivity index (χ0v) is 14.3. The predicted octanol–water partition coefficient (Wildman–Crippen LogP) is 3.51. The Morgan fingerprint density at radius 1 is 1.00 bits per heavy atom. The Bertz CT molecular complexity index is 573. The van der Waals surface area contributed by atoms with Crippen molar-refractivity contribution < 1.29 is 9.84 Å². The predicted molar refractivity (Wildman–Crippen MR) is 94.8 cm³/mol. The van der Waals surface area contributed by atoms with E-state index >= 15 is 0 Å². The van der Waals surface area contributed by atoms with Crippen molar-refractivity contribution in [2.45, 2.75) is 38.8 Å². The van der Waals surface area contributed by atoms with Crippen LogP contribution in [0.15, 0.2) is 54.6 Å². The lowest BCUT2D eigenvalue weighted by atomic mass is 9.87.